The zero-order chi connectivity index (χ0) is 17.9. The number of carbonyl (C=O) groups is 1. The third-order valence-corrected chi connectivity index (χ3v) is 4.24. The zero-order valence-electron chi connectivity index (χ0n) is 13.5. The molecule has 1 aliphatic heterocycles. The number of fused-ring (bicyclic) bond motifs is 1. The van der Waals surface area contributed by atoms with Gasteiger partial charge in [0.1, 0.15) is 11.7 Å². The van der Waals surface area contributed by atoms with Crippen LogP contribution in [-0.2, 0) is 14.3 Å². The average molecular weight is 354 g/mol. The Kier molecular flexibility index (Phi) is 5.47. The van der Waals surface area contributed by atoms with Gasteiger partial charge >= 0.3 is 0 Å². The molecule has 1 aliphatic rings. The van der Waals surface area contributed by atoms with E-state index in [2.05, 4.69) is 5.32 Å². The molecule has 2 rings (SSSR count). The van der Waals surface area contributed by atoms with Crippen molar-refractivity contribution in [3.05, 3.63) is 33.9 Å². The second-order valence-corrected chi connectivity index (χ2v) is 5.79. The fourth-order valence-electron chi connectivity index (χ4n) is 2.75. The summed E-state index contributed by atoms with van der Waals surface area (Å²) in [5.74, 6) is -0.894. The first-order valence-electron chi connectivity index (χ1n) is 7.11. The van der Waals surface area contributed by atoms with Crippen molar-refractivity contribution in [2.45, 2.75) is 11.5 Å². The fourth-order valence-corrected chi connectivity index (χ4v) is 2.98. The van der Waals surface area contributed by atoms with E-state index in [9.17, 15) is 14.9 Å². The first-order valence-corrected chi connectivity index (χ1v) is 7.52. The van der Waals surface area contributed by atoms with Crippen molar-refractivity contribution >= 4 is 28.7 Å². The summed E-state index contributed by atoms with van der Waals surface area (Å²) in [6.45, 7) is -0.0577. The molecule has 0 aliphatic carbocycles. The maximum absolute atomic E-state index is 13.1. The molecule has 24 heavy (non-hydrogen) atoms. The largest absolute Gasteiger partial charge is 0.474 e. The van der Waals surface area contributed by atoms with Gasteiger partial charge in [-0.3, -0.25) is 14.9 Å². The summed E-state index contributed by atoms with van der Waals surface area (Å²) in [7, 11) is 4.49. The van der Waals surface area contributed by atoms with Gasteiger partial charge in [0.2, 0.25) is 5.60 Å². The van der Waals surface area contributed by atoms with Gasteiger partial charge in [-0.1, -0.05) is 12.2 Å². The lowest BCUT2D eigenvalue weighted by Gasteiger charge is -2.39. The predicted octanol–water partition coefficient (Wildman–Crippen LogP) is 1.22. The maximum atomic E-state index is 13.1. The number of methoxy groups -OCH3 is 2. The summed E-state index contributed by atoms with van der Waals surface area (Å²) in [5, 5.41) is 13.8. The smallest absolute Gasteiger partial charge is 0.270 e. The third kappa shape index (κ3) is 3.10. The predicted molar refractivity (Wildman–Crippen MR) is 89.6 cm³/mol. The van der Waals surface area contributed by atoms with E-state index in [1.54, 1.807) is 7.05 Å². The van der Waals surface area contributed by atoms with E-state index >= 15 is 0 Å². The number of hydrogen-bond donors (Lipinski definition) is 1. The van der Waals surface area contributed by atoms with Crippen LogP contribution in [0.3, 0.4) is 0 Å². The lowest BCUT2D eigenvalue weighted by molar-refractivity contribution is -0.385. The van der Waals surface area contributed by atoms with Gasteiger partial charge in [-0.25, -0.2) is 0 Å². The molecule has 1 aromatic rings. The van der Waals surface area contributed by atoms with Crippen molar-refractivity contribution in [3.63, 3.8) is 0 Å². The Labute approximate surface area is 144 Å². The Morgan fingerprint density at radius 1 is 1.42 bits per heavy atom. The monoisotopic (exact) mass is 354 g/mol. The number of ether oxygens (including phenoxy) is 3. The summed E-state index contributed by atoms with van der Waals surface area (Å²) >= 11 is 5.27. The molecule has 9 heteroatoms. The molecule has 0 saturated carbocycles. The SMILES string of the molecule is CNC(=S)C1C(=O)C(COC)(COC)Oc2ccc([N+](=O)[O-])cc21. The van der Waals surface area contributed by atoms with Gasteiger partial charge in [0, 0.05) is 39.0 Å². The highest BCUT2D eigenvalue weighted by atomic mass is 32.1. The quantitative estimate of drug-likeness (QED) is 0.462. The van der Waals surface area contributed by atoms with E-state index in [0.717, 1.165) is 0 Å². The lowest BCUT2D eigenvalue weighted by atomic mass is 9.81. The number of non-ortho nitro benzene ring substituents is 1. The van der Waals surface area contributed by atoms with Gasteiger partial charge in [0.25, 0.3) is 5.69 Å². The molecule has 1 aromatic carbocycles. The second kappa shape index (κ2) is 7.20. The van der Waals surface area contributed by atoms with Crippen molar-refractivity contribution in [1.82, 2.24) is 5.32 Å². The van der Waals surface area contributed by atoms with Crippen LogP contribution < -0.4 is 10.1 Å². The molecule has 130 valence electrons. The lowest BCUT2D eigenvalue weighted by Crippen LogP contribution is -2.58. The molecule has 0 aromatic heterocycles. The average Bonchev–Trinajstić information content (AvgIpc) is 2.55. The van der Waals surface area contributed by atoms with E-state index in [0.29, 0.717) is 11.3 Å². The summed E-state index contributed by atoms with van der Waals surface area (Å²) in [5.41, 5.74) is -1.14. The number of ketones is 1. The van der Waals surface area contributed by atoms with E-state index in [1.165, 1.54) is 32.4 Å². The number of Topliss-reactive ketones (excluding diaryl/α,β-unsaturated/α-hetero) is 1. The number of hydrogen-bond acceptors (Lipinski definition) is 7. The van der Waals surface area contributed by atoms with Crippen LogP contribution in [-0.4, -0.2) is 55.8 Å². The van der Waals surface area contributed by atoms with Crippen LogP contribution in [0.2, 0.25) is 0 Å². The van der Waals surface area contributed by atoms with Crippen LogP contribution in [0.1, 0.15) is 11.5 Å². The van der Waals surface area contributed by atoms with Crippen molar-refractivity contribution < 1.29 is 23.9 Å². The fraction of sp³-hybridized carbons (Fsp3) is 0.467. The molecule has 1 atom stereocenters. The van der Waals surface area contributed by atoms with Crippen molar-refractivity contribution in [2.75, 3.05) is 34.5 Å². The maximum Gasteiger partial charge on any atom is 0.270 e. The van der Waals surface area contributed by atoms with Crippen LogP contribution in [0.25, 0.3) is 0 Å². The Morgan fingerprint density at radius 2 is 2.04 bits per heavy atom. The number of nitro groups is 1. The van der Waals surface area contributed by atoms with Crippen LogP contribution in [0.5, 0.6) is 5.75 Å². The first kappa shape index (κ1) is 18.2. The minimum Gasteiger partial charge on any atom is -0.474 e. The number of nitrogens with zero attached hydrogens (tertiary/aromatic N) is 1. The number of nitrogens with one attached hydrogen (secondary N) is 1. The van der Waals surface area contributed by atoms with Crippen molar-refractivity contribution in [3.8, 4) is 5.75 Å². The van der Waals surface area contributed by atoms with Crippen LogP contribution in [0, 0.1) is 10.1 Å². The molecule has 0 saturated heterocycles. The number of benzene rings is 1. The molecule has 0 radical (unpaired) electrons. The summed E-state index contributed by atoms with van der Waals surface area (Å²) in [6, 6.07) is 4.09. The summed E-state index contributed by atoms with van der Waals surface area (Å²) < 4.78 is 16.2. The molecule has 0 amide bonds. The van der Waals surface area contributed by atoms with Gasteiger partial charge in [0.15, 0.2) is 5.78 Å². The van der Waals surface area contributed by atoms with Crippen LogP contribution in [0.4, 0.5) is 5.69 Å². The number of carbonyl (C=O) groups excluding carboxylic acids is 1. The Bertz CT molecular complexity index is 672. The van der Waals surface area contributed by atoms with E-state index in [1.807, 2.05) is 0 Å². The molecular formula is C15H18N2O6S. The molecular weight excluding hydrogens is 336 g/mol. The number of likely N-dealkylation sites (N-methyl/N-ethyl adjacent to an activating group) is 1. The highest BCUT2D eigenvalue weighted by molar-refractivity contribution is 7.80. The van der Waals surface area contributed by atoms with Crippen LogP contribution in [0.15, 0.2) is 18.2 Å². The Balaban J connectivity index is 2.62. The van der Waals surface area contributed by atoms with Gasteiger partial charge in [-0.15, -0.1) is 0 Å². The zero-order valence-corrected chi connectivity index (χ0v) is 14.3. The molecule has 0 bridgehead atoms. The highest BCUT2D eigenvalue weighted by Crippen LogP contribution is 2.41. The third-order valence-electron chi connectivity index (χ3n) is 3.80. The molecule has 1 N–H and O–H groups in total. The van der Waals surface area contributed by atoms with E-state index < -0.39 is 16.4 Å². The molecule has 1 heterocycles. The number of thiocarbonyl (C=S) groups is 1. The highest BCUT2D eigenvalue weighted by Gasteiger charge is 2.51. The van der Waals surface area contributed by atoms with Crippen molar-refractivity contribution in [1.29, 1.82) is 0 Å². The van der Waals surface area contributed by atoms with Gasteiger partial charge in [-0.2, -0.15) is 0 Å². The second-order valence-electron chi connectivity index (χ2n) is 5.35. The van der Waals surface area contributed by atoms with Crippen molar-refractivity contribution in [2.24, 2.45) is 0 Å². The minimum atomic E-state index is -1.36. The summed E-state index contributed by atoms with van der Waals surface area (Å²) in [6.07, 6.45) is 0. The van der Waals surface area contributed by atoms with E-state index in [-0.39, 0.29) is 29.7 Å². The molecule has 0 fully saturated rings. The molecule has 0 spiro atoms. The van der Waals surface area contributed by atoms with Crippen LogP contribution >= 0.6 is 12.2 Å². The number of nitro benzene ring substituents is 1. The standard InChI is InChI=1S/C15H18N2O6S/c1-16-14(24)12-10-6-9(17(19)20)4-5-11(10)23-15(7-21-2,8-22-3)13(12)18/h4-6,12H,7-8H2,1-3H3,(H,16,24). The van der Waals surface area contributed by atoms with E-state index in [4.69, 9.17) is 26.4 Å². The topological polar surface area (TPSA) is 99.9 Å². The van der Waals surface area contributed by atoms with Gasteiger partial charge in [-0.05, 0) is 6.07 Å². The molecule has 1 unspecified atom stereocenters. The number of rotatable bonds is 6. The summed E-state index contributed by atoms with van der Waals surface area (Å²) in [4.78, 5) is 23.8. The first-order chi connectivity index (χ1) is 11.4. The Hall–Kier alpha value is -2.10. The minimum absolute atomic E-state index is 0.0288. The molecule has 8 nitrogen and oxygen atoms in total. The van der Waals surface area contributed by atoms with Gasteiger partial charge in [0.05, 0.1) is 23.1 Å². The Morgan fingerprint density at radius 3 is 2.54 bits per heavy atom. The normalized spacial score (nSPS) is 18.5. The van der Waals surface area contributed by atoms with Gasteiger partial charge < -0.3 is 19.5 Å².